The van der Waals surface area contributed by atoms with E-state index >= 15 is 0 Å². The van der Waals surface area contributed by atoms with Gasteiger partial charge in [0.05, 0.1) is 12.8 Å². The third-order valence-corrected chi connectivity index (χ3v) is 2.15. The van der Waals surface area contributed by atoms with E-state index in [1.165, 1.54) is 6.26 Å². The van der Waals surface area contributed by atoms with Crippen molar-refractivity contribution in [1.82, 2.24) is 15.5 Å². The predicted octanol–water partition coefficient (Wildman–Crippen LogP) is 1.60. The van der Waals surface area contributed by atoms with Crippen molar-refractivity contribution in [3.8, 4) is 11.7 Å². The Hall–Kier alpha value is -2.11. The maximum atomic E-state index is 11.3. The molecule has 90 valence electrons. The Morgan fingerprint density at radius 2 is 2.35 bits per heavy atom. The SMILES string of the molecule is CC(C)C(=O)NCc1noc(-c2ccco2)n1. The highest BCUT2D eigenvalue weighted by Crippen LogP contribution is 2.16. The molecule has 0 saturated heterocycles. The fourth-order valence-electron chi connectivity index (χ4n) is 1.20. The maximum Gasteiger partial charge on any atom is 0.293 e. The molecular formula is C11H13N3O3. The largest absolute Gasteiger partial charge is 0.459 e. The normalized spacial score (nSPS) is 10.8. The van der Waals surface area contributed by atoms with Gasteiger partial charge in [0.1, 0.15) is 0 Å². The van der Waals surface area contributed by atoms with Gasteiger partial charge in [-0.15, -0.1) is 0 Å². The van der Waals surface area contributed by atoms with Crippen molar-refractivity contribution in [2.45, 2.75) is 20.4 Å². The van der Waals surface area contributed by atoms with Gasteiger partial charge in [-0.25, -0.2) is 0 Å². The number of nitrogens with zero attached hydrogens (tertiary/aromatic N) is 2. The zero-order chi connectivity index (χ0) is 12.3. The molecule has 6 heteroatoms. The Bertz CT molecular complexity index is 488. The van der Waals surface area contributed by atoms with Crippen LogP contribution in [0, 0.1) is 5.92 Å². The first kappa shape index (κ1) is 11.4. The zero-order valence-corrected chi connectivity index (χ0v) is 9.64. The van der Waals surface area contributed by atoms with Crippen LogP contribution < -0.4 is 5.32 Å². The highest BCUT2D eigenvalue weighted by Gasteiger charge is 2.12. The van der Waals surface area contributed by atoms with Crippen LogP contribution in [0.15, 0.2) is 27.3 Å². The molecule has 6 nitrogen and oxygen atoms in total. The topological polar surface area (TPSA) is 81.2 Å². The van der Waals surface area contributed by atoms with E-state index in [2.05, 4.69) is 15.5 Å². The number of furan rings is 1. The number of carbonyl (C=O) groups is 1. The average molecular weight is 235 g/mol. The smallest absolute Gasteiger partial charge is 0.293 e. The van der Waals surface area contributed by atoms with Gasteiger partial charge in [-0.1, -0.05) is 19.0 Å². The molecule has 0 bridgehead atoms. The minimum atomic E-state index is -0.0635. The Morgan fingerprint density at radius 1 is 1.53 bits per heavy atom. The summed E-state index contributed by atoms with van der Waals surface area (Å²) in [6.07, 6.45) is 1.53. The molecule has 0 saturated carbocycles. The number of hydrogen-bond acceptors (Lipinski definition) is 5. The van der Waals surface area contributed by atoms with Crippen LogP contribution in [0.1, 0.15) is 19.7 Å². The van der Waals surface area contributed by atoms with Crippen LogP contribution in [0.4, 0.5) is 0 Å². The summed E-state index contributed by atoms with van der Waals surface area (Å²) in [5.74, 6) is 1.13. The first-order chi connectivity index (χ1) is 8.16. The number of amides is 1. The quantitative estimate of drug-likeness (QED) is 0.870. The monoisotopic (exact) mass is 235 g/mol. The van der Waals surface area contributed by atoms with Gasteiger partial charge < -0.3 is 14.3 Å². The highest BCUT2D eigenvalue weighted by molar-refractivity contribution is 5.77. The fraction of sp³-hybridized carbons (Fsp3) is 0.364. The van der Waals surface area contributed by atoms with Gasteiger partial charge in [0, 0.05) is 5.92 Å². The molecule has 1 amide bonds. The Kier molecular flexibility index (Phi) is 3.22. The number of hydrogen-bond donors (Lipinski definition) is 1. The zero-order valence-electron chi connectivity index (χ0n) is 9.64. The molecule has 0 unspecified atom stereocenters. The summed E-state index contributed by atoms with van der Waals surface area (Å²) >= 11 is 0. The number of nitrogens with one attached hydrogen (secondary N) is 1. The van der Waals surface area contributed by atoms with Crippen LogP contribution in [0.5, 0.6) is 0 Å². The molecule has 2 rings (SSSR count). The lowest BCUT2D eigenvalue weighted by atomic mass is 10.2. The highest BCUT2D eigenvalue weighted by atomic mass is 16.5. The molecule has 0 fully saturated rings. The lowest BCUT2D eigenvalue weighted by molar-refractivity contribution is -0.124. The van der Waals surface area contributed by atoms with Gasteiger partial charge in [0.2, 0.25) is 5.91 Å². The van der Waals surface area contributed by atoms with Crippen molar-refractivity contribution >= 4 is 5.91 Å². The van der Waals surface area contributed by atoms with E-state index in [0.717, 1.165) is 0 Å². The molecule has 1 N–H and O–H groups in total. The van der Waals surface area contributed by atoms with Crippen LogP contribution in [-0.4, -0.2) is 16.0 Å². The Morgan fingerprint density at radius 3 is 3.00 bits per heavy atom. The third kappa shape index (κ3) is 2.72. The second kappa shape index (κ2) is 4.82. The number of rotatable bonds is 4. The van der Waals surface area contributed by atoms with Gasteiger partial charge in [-0.05, 0) is 12.1 Å². The van der Waals surface area contributed by atoms with Crippen LogP contribution in [0.2, 0.25) is 0 Å². The van der Waals surface area contributed by atoms with E-state index in [0.29, 0.717) is 17.5 Å². The summed E-state index contributed by atoms with van der Waals surface area (Å²) in [6.45, 7) is 3.89. The van der Waals surface area contributed by atoms with Crippen molar-refractivity contribution in [3.05, 3.63) is 24.2 Å². The fourth-order valence-corrected chi connectivity index (χ4v) is 1.20. The molecule has 0 radical (unpaired) electrons. The van der Waals surface area contributed by atoms with E-state index in [-0.39, 0.29) is 18.4 Å². The molecule has 0 aliphatic rings. The first-order valence-corrected chi connectivity index (χ1v) is 5.31. The van der Waals surface area contributed by atoms with Crippen molar-refractivity contribution in [2.75, 3.05) is 0 Å². The molecule has 0 aliphatic heterocycles. The Balaban J connectivity index is 1.97. The summed E-state index contributed by atoms with van der Waals surface area (Å²) in [4.78, 5) is 15.4. The Labute approximate surface area is 98.0 Å². The second-order valence-electron chi connectivity index (χ2n) is 3.87. The summed E-state index contributed by atoms with van der Waals surface area (Å²) in [5.41, 5.74) is 0. The summed E-state index contributed by atoms with van der Waals surface area (Å²) in [7, 11) is 0. The maximum absolute atomic E-state index is 11.3. The van der Waals surface area contributed by atoms with Gasteiger partial charge >= 0.3 is 0 Å². The summed E-state index contributed by atoms with van der Waals surface area (Å²) in [5, 5.41) is 6.45. The van der Waals surface area contributed by atoms with Gasteiger partial charge in [-0.2, -0.15) is 4.98 Å². The van der Waals surface area contributed by atoms with Crippen LogP contribution >= 0.6 is 0 Å². The molecule has 2 aromatic rings. The molecule has 2 heterocycles. The summed E-state index contributed by atoms with van der Waals surface area (Å²) < 4.78 is 10.1. The van der Waals surface area contributed by atoms with Gasteiger partial charge in [0.25, 0.3) is 5.89 Å². The minimum Gasteiger partial charge on any atom is -0.459 e. The molecule has 0 aliphatic carbocycles. The van der Waals surface area contributed by atoms with Crippen molar-refractivity contribution < 1.29 is 13.7 Å². The van der Waals surface area contributed by atoms with Crippen molar-refractivity contribution in [2.24, 2.45) is 5.92 Å². The van der Waals surface area contributed by atoms with E-state index in [1.807, 2.05) is 13.8 Å². The minimum absolute atomic E-state index is 0.0469. The van der Waals surface area contributed by atoms with E-state index in [1.54, 1.807) is 12.1 Å². The van der Waals surface area contributed by atoms with Gasteiger partial charge in [0.15, 0.2) is 11.6 Å². The van der Waals surface area contributed by atoms with E-state index < -0.39 is 0 Å². The number of carbonyl (C=O) groups excluding carboxylic acids is 1. The van der Waals surface area contributed by atoms with Crippen molar-refractivity contribution in [1.29, 1.82) is 0 Å². The van der Waals surface area contributed by atoms with Gasteiger partial charge in [-0.3, -0.25) is 4.79 Å². The standard InChI is InChI=1S/C11H13N3O3/c1-7(2)10(15)12-6-9-13-11(17-14-9)8-4-3-5-16-8/h3-5,7H,6H2,1-2H3,(H,12,15). The van der Waals surface area contributed by atoms with Crippen LogP contribution in [-0.2, 0) is 11.3 Å². The van der Waals surface area contributed by atoms with E-state index in [9.17, 15) is 4.79 Å². The second-order valence-corrected chi connectivity index (χ2v) is 3.87. The third-order valence-electron chi connectivity index (χ3n) is 2.15. The van der Waals surface area contributed by atoms with Crippen LogP contribution in [0.3, 0.4) is 0 Å². The van der Waals surface area contributed by atoms with E-state index in [4.69, 9.17) is 8.94 Å². The predicted molar refractivity (Wildman–Crippen MR) is 58.7 cm³/mol. The molecule has 0 atom stereocenters. The molecule has 17 heavy (non-hydrogen) atoms. The lowest BCUT2D eigenvalue weighted by Gasteiger charge is -2.03. The molecule has 2 aromatic heterocycles. The summed E-state index contributed by atoms with van der Waals surface area (Å²) in [6, 6.07) is 3.46. The van der Waals surface area contributed by atoms with Crippen LogP contribution in [0.25, 0.3) is 11.7 Å². The number of aromatic nitrogens is 2. The molecule has 0 aromatic carbocycles. The average Bonchev–Trinajstić information content (AvgIpc) is 2.95. The molecule has 0 spiro atoms. The lowest BCUT2D eigenvalue weighted by Crippen LogP contribution is -2.27. The first-order valence-electron chi connectivity index (χ1n) is 5.31. The molecular weight excluding hydrogens is 222 g/mol. The van der Waals surface area contributed by atoms with Crippen molar-refractivity contribution in [3.63, 3.8) is 0 Å².